The van der Waals surface area contributed by atoms with E-state index < -0.39 is 5.82 Å². The van der Waals surface area contributed by atoms with Crippen LogP contribution in [-0.4, -0.2) is 26.6 Å². The molecule has 0 atom stereocenters. The number of halogens is 1. The van der Waals surface area contributed by atoms with Crippen LogP contribution in [0.5, 0.6) is 5.75 Å². The number of para-hydroxylation sites is 1. The fourth-order valence-corrected chi connectivity index (χ4v) is 1.85. The highest BCUT2D eigenvalue weighted by molar-refractivity contribution is 5.95. The van der Waals surface area contributed by atoms with Crippen molar-refractivity contribution >= 4 is 17.3 Å². The molecule has 0 bridgehead atoms. The van der Waals surface area contributed by atoms with Crippen molar-refractivity contribution in [3.8, 4) is 5.75 Å². The van der Waals surface area contributed by atoms with Gasteiger partial charge in [0.15, 0.2) is 6.61 Å². The molecule has 0 fully saturated rings. The summed E-state index contributed by atoms with van der Waals surface area (Å²) in [6.45, 7) is -0.132. The molecule has 0 aromatic heterocycles. The second-order valence-electron chi connectivity index (χ2n) is 4.71. The highest BCUT2D eigenvalue weighted by atomic mass is 19.1. The SMILES string of the molecule is CN(C)c1ccc(F)cc1NC(=O)COc1ccccc1. The molecule has 4 nitrogen and oxygen atoms in total. The second kappa shape index (κ2) is 6.74. The molecule has 0 heterocycles. The first-order valence-corrected chi connectivity index (χ1v) is 6.51. The van der Waals surface area contributed by atoms with Crippen molar-refractivity contribution in [3.05, 3.63) is 54.3 Å². The highest BCUT2D eigenvalue weighted by Crippen LogP contribution is 2.25. The van der Waals surface area contributed by atoms with Gasteiger partial charge in [0, 0.05) is 14.1 Å². The van der Waals surface area contributed by atoms with E-state index in [1.54, 1.807) is 23.1 Å². The lowest BCUT2D eigenvalue weighted by Crippen LogP contribution is -2.22. The van der Waals surface area contributed by atoms with E-state index >= 15 is 0 Å². The van der Waals surface area contributed by atoms with Gasteiger partial charge >= 0.3 is 0 Å². The third-order valence-corrected chi connectivity index (χ3v) is 2.83. The molecule has 0 aliphatic carbocycles. The van der Waals surface area contributed by atoms with Crippen LogP contribution in [0.2, 0.25) is 0 Å². The van der Waals surface area contributed by atoms with Gasteiger partial charge in [0.25, 0.3) is 5.91 Å². The quantitative estimate of drug-likeness (QED) is 0.919. The Morgan fingerprint density at radius 2 is 1.90 bits per heavy atom. The standard InChI is InChI=1S/C16H17FN2O2/c1-19(2)15-9-8-12(17)10-14(15)18-16(20)11-21-13-6-4-3-5-7-13/h3-10H,11H2,1-2H3,(H,18,20). The van der Waals surface area contributed by atoms with E-state index in [9.17, 15) is 9.18 Å². The van der Waals surface area contributed by atoms with Crippen molar-refractivity contribution in [2.75, 3.05) is 30.9 Å². The molecule has 0 radical (unpaired) electrons. The number of carbonyl (C=O) groups is 1. The van der Waals surface area contributed by atoms with E-state index in [0.29, 0.717) is 11.4 Å². The van der Waals surface area contributed by atoms with Crippen LogP contribution in [0.25, 0.3) is 0 Å². The minimum absolute atomic E-state index is 0.132. The van der Waals surface area contributed by atoms with E-state index in [2.05, 4.69) is 5.32 Å². The zero-order valence-electron chi connectivity index (χ0n) is 12.0. The molecule has 110 valence electrons. The van der Waals surface area contributed by atoms with Gasteiger partial charge < -0.3 is 15.0 Å². The van der Waals surface area contributed by atoms with Crippen LogP contribution in [0.15, 0.2) is 48.5 Å². The Kier molecular flexibility index (Phi) is 4.77. The summed E-state index contributed by atoms with van der Waals surface area (Å²) in [6.07, 6.45) is 0. The lowest BCUT2D eigenvalue weighted by atomic mass is 10.2. The summed E-state index contributed by atoms with van der Waals surface area (Å²) >= 11 is 0. The van der Waals surface area contributed by atoms with E-state index in [1.807, 2.05) is 32.3 Å². The first-order valence-electron chi connectivity index (χ1n) is 6.51. The topological polar surface area (TPSA) is 41.6 Å². The summed E-state index contributed by atoms with van der Waals surface area (Å²) in [4.78, 5) is 13.7. The third kappa shape index (κ3) is 4.21. The number of hydrogen-bond acceptors (Lipinski definition) is 3. The van der Waals surface area contributed by atoms with Crippen molar-refractivity contribution < 1.29 is 13.9 Å². The largest absolute Gasteiger partial charge is 0.484 e. The number of amides is 1. The predicted molar refractivity (Wildman–Crippen MR) is 81.3 cm³/mol. The Bertz CT molecular complexity index is 615. The Balaban J connectivity index is 2.01. The highest BCUT2D eigenvalue weighted by Gasteiger charge is 2.10. The molecule has 2 aromatic rings. The zero-order valence-corrected chi connectivity index (χ0v) is 12.0. The van der Waals surface area contributed by atoms with Crippen LogP contribution in [0, 0.1) is 5.82 Å². The van der Waals surface area contributed by atoms with Crippen LogP contribution in [0.1, 0.15) is 0 Å². The first-order chi connectivity index (χ1) is 10.1. The van der Waals surface area contributed by atoms with E-state index in [1.165, 1.54) is 12.1 Å². The van der Waals surface area contributed by atoms with Crippen LogP contribution < -0.4 is 15.0 Å². The summed E-state index contributed by atoms with van der Waals surface area (Å²) in [5.74, 6) is -0.132. The lowest BCUT2D eigenvalue weighted by molar-refractivity contribution is -0.118. The lowest BCUT2D eigenvalue weighted by Gasteiger charge is -2.18. The third-order valence-electron chi connectivity index (χ3n) is 2.83. The maximum Gasteiger partial charge on any atom is 0.262 e. The van der Waals surface area contributed by atoms with Gasteiger partial charge in [-0.25, -0.2) is 4.39 Å². The van der Waals surface area contributed by atoms with E-state index in [0.717, 1.165) is 5.69 Å². The number of nitrogens with zero attached hydrogens (tertiary/aromatic N) is 1. The molecule has 0 saturated heterocycles. The maximum atomic E-state index is 13.3. The minimum Gasteiger partial charge on any atom is -0.484 e. The molecule has 0 aliphatic rings. The van der Waals surface area contributed by atoms with Gasteiger partial charge in [-0.3, -0.25) is 4.79 Å². The number of anilines is 2. The summed E-state index contributed by atoms with van der Waals surface area (Å²) in [5.41, 5.74) is 1.14. The molecule has 0 saturated carbocycles. The molecular weight excluding hydrogens is 271 g/mol. The normalized spacial score (nSPS) is 10.0. The molecule has 0 aliphatic heterocycles. The average molecular weight is 288 g/mol. The predicted octanol–water partition coefficient (Wildman–Crippen LogP) is 2.91. The molecule has 5 heteroatoms. The summed E-state index contributed by atoms with van der Waals surface area (Å²) < 4.78 is 18.7. The van der Waals surface area contributed by atoms with Gasteiger partial charge in [-0.1, -0.05) is 18.2 Å². The average Bonchev–Trinajstić information content (AvgIpc) is 2.46. The maximum absolute atomic E-state index is 13.3. The molecular formula is C16H17FN2O2. The van der Waals surface area contributed by atoms with Gasteiger partial charge in [-0.05, 0) is 30.3 Å². The van der Waals surface area contributed by atoms with Crippen molar-refractivity contribution in [1.29, 1.82) is 0 Å². The molecule has 0 spiro atoms. The molecule has 0 unspecified atom stereocenters. The number of carbonyl (C=O) groups excluding carboxylic acids is 1. The summed E-state index contributed by atoms with van der Waals surface area (Å²) in [5, 5.41) is 2.66. The summed E-state index contributed by atoms with van der Waals surface area (Å²) in [6, 6.07) is 13.3. The number of hydrogen-bond donors (Lipinski definition) is 1. The van der Waals surface area contributed by atoms with Gasteiger partial charge in [0.1, 0.15) is 11.6 Å². The van der Waals surface area contributed by atoms with Crippen molar-refractivity contribution in [2.24, 2.45) is 0 Å². The van der Waals surface area contributed by atoms with Crippen LogP contribution in [0.4, 0.5) is 15.8 Å². The van der Waals surface area contributed by atoms with E-state index in [4.69, 9.17) is 4.74 Å². The Hall–Kier alpha value is -2.56. The second-order valence-corrected chi connectivity index (χ2v) is 4.71. The van der Waals surface area contributed by atoms with Gasteiger partial charge in [0.05, 0.1) is 11.4 Å². The smallest absolute Gasteiger partial charge is 0.262 e. The van der Waals surface area contributed by atoms with Gasteiger partial charge in [-0.15, -0.1) is 0 Å². The fourth-order valence-electron chi connectivity index (χ4n) is 1.85. The summed E-state index contributed by atoms with van der Waals surface area (Å²) in [7, 11) is 3.65. The van der Waals surface area contributed by atoms with Gasteiger partial charge in [0.2, 0.25) is 0 Å². The molecule has 1 amide bonds. The molecule has 2 rings (SSSR count). The first kappa shape index (κ1) is 14.8. The monoisotopic (exact) mass is 288 g/mol. The molecule has 21 heavy (non-hydrogen) atoms. The van der Waals surface area contributed by atoms with Crippen molar-refractivity contribution in [2.45, 2.75) is 0 Å². The number of nitrogens with one attached hydrogen (secondary N) is 1. The Labute approximate surface area is 123 Å². The van der Waals surface area contributed by atoms with Gasteiger partial charge in [-0.2, -0.15) is 0 Å². The zero-order chi connectivity index (χ0) is 15.2. The Morgan fingerprint density at radius 3 is 2.57 bits per heavy atom. The fraction of sp³-hybridized carbons (Fsp3) is 0.188. The van der Waals surface area contributed by atoms with E-state index in [-0.39, 0.29) is 12.5 Å². The number of ether oxygens (including phenoxy) is 1. The molecule has 1 N–H and O–H groups in total. The van der Waals surface area contributed by atoms with Crippen molar-refractivity contribution in [1.82, 2.24) is 0 Å². The van der Waals surface area contributed by atoms with Crippen molar-refractivity contribution in [3.63, 3.8) is 0 Å². The number of rotatable bonds is 5. The van der Waals surface area contributed by atoms with Crippen LogP contribution in [0.3, 0.4) is 0 Å². The molecule has 2 aromatic carbocycles. The minimum atomic E-state index is -0.403. The van der Waals surface area contributed by atoms with Crippen LogP contribution in [-0.2, 0) is 4.79 Å². The Morgan fingerprint density at radius 1 is 1.19 bits per heavy atom. The van der Waals surface area contributed by atoms with Crippen LogP contribution >= 0.6 is 0 Å². The number of benzene rings is 2.